The Bertz CT molecular complexity index is 996. The predicted octanol–water partition coefficient (Wildman–Crippen LogP) is 9.99. The van der Waals surface area contributed by atoms with Crippen LogP contribution in [0.15, 0.2) is 84.9 Å². The Balaban J connectivity index is 2.14. The number of benzene rings is 3. The van der Waals surface area contributed by atoms with Crippen molar-refractivity contribution in [3.8, 4) is 0 Å². The zero-order valence-corrected chi connectivity index (χ0v) is 25.6. The molecule has 1 nitrogen and oxygen atoms in total. The van der Waals surface area contributed by atoms with Gasteiger partial charge in [-0.2, -0.15) is 0 Å². The Kier molecular flexibility index (Phi) is 11.8. The molecular weight excluding hydrogens is 549 g/mol. The minimum atomic E-state index is -2.71. The summed E-state index contributed by atoms with van der Waals surface area (Å²) in [5.41, 5.74) is 5.26. The van der Waals surface area contributed by atoms with Gasteiger partial charge in [-0.15, -0.1) is 0 Å². The van der Waals surface area contributed by atoms with Gasteiger partial charge in [-0.05, 0) is 0 Å². The molecule has 1 N–H and O–H groups in total. The van der Waals surface area contributed by atoms with Gasteiger partial charge >= 0.3 is 225 Å². The Morgan fingerprint density at radius 2 is 1.17 bits per heavy atom. The summed E-state index contributed by atoms with van der Waals surface area (Å²) in [5.74, 6) is 0. The second-order valence-electron chi connectivity index (χ2n) is 9.92. The SMILES string of the molecule is CCC[CH2][Sn]([CH2]CCC)([CH2]CCC)[CH](c1ccccc1)c1ccccc1NC(=S)c1ccccc1. The molecule has 0 heterocycles. The van der Waals surface area contributed by atoms with Gasteiger partial charge in [0.15, 0.2) is 0 Å². The number of hydrogen-bond acceptors (Lipinski definition) is 1. The molecule has 0 saturated heterocycles. The van der Waals surface area contributed by atoms with Gasteiger partial charge in [0.25, 0.3) is 0 Å². The van der Waals surface area contributed by atoms with Crippen molar-refractivity contribution >= 4 is 41.3 Å². The quantitative estimate of drug-likeness (QED) is 0.148. The van der Waals surface area contributed by atoms with E-state index in [4.69, 9.17) is 12.2 Å². The predicted molar refractivity (Wildman–Crippen MR) is 161 cm³/mol. The molecule has 3 rings (SSSR count). The average molecular weight is 592 g/mol. The van der Waals surface area contributed by atoms with Crippen molar-refractivity contribution in [3.63, 3.8) is 0 Å². The Morgan fingerprint density at radius 3 is 1.71 bits per heavy atom. The van der Waals surface area contributed by atoms with E-state index in [1.165, 1.54) is 68.6 Å². The van der Waals surface area contributed by atoms with Crippen LogP contribution in [0.25, 0.3) is 0 Å². The summed E-state index contributed by atoms with van der Waals surface area (Å²) in [6.45, 7) is 7.09. The van der Waals surface area contributed by atoms with Crippen LogP contribution < -0.4 is 5.32 Å². The van der Waals surface area contributed by atoms with Crippen LogP contribution in [0.5, 0.6) is 0 Å². The van der Waals surface area contributed by atoms with Gasteiger partial charge in [-0.1, -0.05) is 0 Å². The van der Waals surface area contributed by atoms with Crippen molar-refractivity contribution in [2.75, 3.05) is 5.32 Å². The number of thiocarbonyl (C=S) groups is 1. The Labute approximate surface area is 223 Å². The third-order valence-electron chi connectivity index (χ3n) is 7.39. The van der Waals surface area contributed by atoms with E-state index in [1.807, 2.05) is 6.07 Å². The summed E-state index contributed by atoms with van der Waals surface area (Å²) in [6.07, 6.45) is 7.96. The molecule has 186 valence electrons. The average Bonchev–Trinajstić information content (AvgIpc) is 2.91. The van der Waals surface area contributed by atoms with Gasteiger partial charge in [0.2, 0.25) is 0 Å². The van der Waals surface area contributed by atoms with E-state index in [0.717, 1.165) is 10.6 Å². The van der Waals surface area contributed by atoms with Crippen LogP contribution in [-0.2, 0) is 0 Å². The zero-order chi connectivity index (χ0) is 24.9. The van der Waals surface area contributed by atoms with E-state index >= 15 is 0 Å². The van der Waals surface area contributed by atoms with Crippen molar-refractivity contribution in [2.24, 2.45) is 0 Å². The van der Waals surface area contributed by atoms with Gasteiger partial charge in [-0.25, -0.2) is 0 Å². The third kappa shape index (κ3) is 7.66. The van der Waals surface area contributed by atoms with Crippen LogP contribution in [0.1, 0.15) is 79.9 Å². The summed E-state index contributed by atoms with van der Waals surface area (Å²) < 4.78 is 4.96. The van der Waals surface area contributed by atoms with Crippen molar-refractivity contribution in [1.82, 2.24) is 0 Å². The fraction of sp³-hybridized carbons (Fsp3) is 0.406. The van der Waals surface area contributed by atoms with Crippen LogP contribution in [0.3, 0.4) is 0 Å². The molecule has 3 aromatic rings. The topological polar surface area (TPSA) is 12.0 Å². The van der Waals surface area contributed by atoms with E-state index in [-0.39, 0.29) is 0 Å². The van der Waals surface area contributed by atoms with Gasteiger partial charge in [0, 0.05) is 0 Å². The zero-order valence-electron chi connectivity index (χ0n) is 21.9. The van der Waals surface area contributed by atoms with Gasteiger partial charge in [0.1, 0.15) is 0 Å². The summed E-state index contributed by atoms with van der Waals surface area (Å²) in [7, 11) is 0. The molecule has 0 amide bonds. The molecule has 0 radical (unpaired) electrons. The first-order valence-electron chi connectivity index (χ1n) is 13.7. The van der Waals surface area contributed by atoms with Crippen LogP contribution >= 0.6 is 12.2 Å². The van der Waals surface area contributed by atoms with Crippen molar-refractivity contribution < 1.29 is 0 Å². The van der Waals surface area contributed by atoms with Gasteiger partial charge < -0.3 is 0 Å². The van der Waals surface area contributed by atoms with E-state index in [1.54, 1.807) is 0 Å². The van der Waals surface area contributed by atoms with E-state index in [0.29, 0.717) is 3.93 Å². The van der Waals surface area contributed by atoms with Crippen LogP contribution in [0.4, 0.5) is 5.69 Å². The molecule has 3 heteroatoms. The number of anilines is 1. The van der Waals surface area contributed by atoms with Crippen molar-refractivity contribution in [1.29, 1.82) is 0 Å². The first-order chi connectivity index (χ1) is 17.1. The second kappa shape index (κ2) is 14.8. The normalized spacial score (nSPS) is 12.3. The van der Waals surface area contributed by atoms with Gasteiger partial charge in [0.05, 0.1) is 0 Å². The third-order valence-corrected chi connectivity index (χ3v) is 24.6. The molecule has 0 fully saturated rings. The molecule has 0 aromatic heterocycles. The molecular formula is C32H43NSSn. The number of rotatable bonds is 14. The van der Waals surface area contributed by atoms with Crippen molar-refractivity contribution in [3.05, 3.63) is 102 Å². The molecule has 1 atom stereocenters. The van der Waals surface area contributed by atoms with E-state index in [2.05, 4.69) is 105 Å². The van der Waals surface area contributed by atoms with Crippen LogP contribution in [-0.4, -0.2) is 23.4 Å². The molecule has 3 aromatic carbocycles. The summed E-state index contributed by atoms with van der Waals surface area (Å²) in [6, 6.07) is 30.8. The fourth-order valence-corrected chi connectivity index (χ4v) is 24.6. The Morgan fingerprint density at radius 1 is 0.686 bits per heavy atom. The molecule has 0 aliphatic rings. The second-order valence-corrected chi connectivity index (χ2v) is 24.0. The maximum absolute atomic E-state index is 5.87. The summed E-state index contributed by atoms with van der Waals surface area (Å²) >= 11 is 3.16. The Hall–Kier alpha value is -1.65. The maximum atomic E-state index is 5.87. The molecule has 0 saturated carbocycles. The fourth-order valence-electron chi connectivity index (χ4n) is 5.55. The minimum absolute atomic E-state index is 0.539. The first-order valence-corrected chi connectivity index (χ1v) is 21.8. The molecule has 0 aliphatic carbocycles. The monoisotopic (exact) mass is 593 g/mol. The molecule has 1 unspecified atom stereocenters. The molecule has 0 aliphatic heterocycles. The van der Waals surface area contributed by atoms with E-state index < -0.39 is 18.4 Å². The van der Waals surface area contributed by atoms with Gasteiger partial charge in [-0.3, -0.25) is 0 Å². The standard InChI is InChI=1S/C20H16NS.3C4H9.Sn/c22-20(17-11-5-2-6-12-17)21-19-14-8-7-13-18(19)15-16-9-3-1-4-10-16;3*1-3-4-2;/h1-15H,(H,21,22);3*1,3-4H2,2H3;. The molecule has 0 bridgehead atoms. The van der Waals surface area contributed by atoms with Crippen LogP contribution in [0, 0.1) is 0 Å². The van der Waals surface area contributed by atoms with Crippen LogP contribution in [0.2, 0.25) is 13.3 Å². The summed E-state index contributed by atoms with van der Waals surface area (Å²) in [5, 5.41) is 3.68. The van der Waals surface area contributed by atoms with Crippen molar-refractivity contribution in [2.45, 2.75) is 76.5 Å². The van der Waals surface area contributed by atoms with E-state index in [9.17, 15) is 0 Å². The number of unbranched alkanes of at least 4 members (excludes halogenated alkanes) is 3. The number of nitrogens with one attached hydrogen (secondary N) is 1. The molecule has 0 spiro atoms. The number of hydrogen-bond donors (Lipinski definition) is 1. The molecule has 35 heavy (non-hydrogen) atoms. The number of para-hydroxylation sites is 1. The summed E-state index contributed by atoms with van der Waals surface area (Å²) in [4.78, 5) is 0.807. The first kappa shape index (κ1) is 27.9.